The van der Waals surface area contributed by atoms with Gasteiger partial charge in [-0.05, 0) is 0 Å². The zero-order valence-corrected chi connectivity index (χ0v) is 13.1. The molecule has 8 heteroatoms. The number of carbonyl (C=O) groups excluding carboxylic acids is 1. The van der Waals surface area contributed by atoms with Crippen LogP contribution < -0.4 is 15.4 Å². The van der Waals surface area contributed by atoms with Crippen LogP contribution in [0.2, 0.25) is 0 Å². The maximum Gasteiger partial charge on any atom is 0.315 e. The molecule has 2 heterocycles. The second-order valence-electron chi connectivity index (χ2n) is 5.29. The third kappa shape index (κ3) is 3.42. The monoisotopic (exact) mass is 339 g/mol. The summed E-state index contributed by atoms with van der Waals surface area (Å²) in [7, 11) is 0. The van der Waals surface area contributed by atoms with Gasteiger partial charge in [-0.3, -0.25) is 0 Å². The van der Waals surface area contributed by atoms with Crippen LogP contribution >= 0.6 is 11.3 Å². The smallest absolute Gasteiger partial charge is 0.315 e. The minimum absolute atomic E-state index is 0.0746. The van der Waals surface area contributed by atoms with Crippen molar-refractivity contribution in [3.05, 3.63) is 45.9 Å². The van der Waals surface area contributed by atoms with Crippen molar-refractivity contribution in [1.29, 1.82) is 0 Å². The van der Waals surface area contributed by atoms with E-state index in [-0.39, 0.29) is 23.8 Å². The van der Waals surface area contributed by atoms with Crippen molar-refractivity contribution in [2.45, 2.75) is 18.9 Å². The fourth-order valence-electron chi connectivity index (χ4n) is 2.41. The molecule has 1 aliphatic heterocycles. The number of benzene rings is 1. The maximum atomic E-state index is 13.9. The Morgan fingerprint density at radius 1 is 1.52 bits per heavy atom. The van der Waals surface area contributed by atoms with E-state index in [4.69, 9.17) is 4.74 Å². The highest BCUT2D eigenvalue weighted by Gasteiger charge is 2.30. The Bertz CT molecular complexity index is 709. The van der Waals surface area contributed by atoms with E-state index in [9.17, 15) is 13.6 Å². The third-order valence-corrected chi connectivity index (χ3v) is 4.56. The summed E-state index contributed by atoms with van der Waals surface area (Å²) in [4.78, 5) is 16.2. The third-order valence-electron chi connectivity index (χ3n) is 3.56. The molecule has 23 heavy (non-hydrogen) atoms. The first-order chi connectivity index (χ1) is 11.0. The molecular weight excluding hydrogens is 324 g/mol. The van der Waals surface area contributed by atoms with Gasteiger partial charge in [0.2, 0.25) is 0 Å². The lowest BCUT2D eigenvalue weighted by atomic mass is 10.1. The van der Waals surface area contributed by atoms with Crippen molar-refractivity contribution in [3.63, 3.8) is 0 Å². The molecule has 2 atom stereocenters. The number of ether oxygens (including phenoxy) is 1. The number of hydrogen-bond donors (Lipinski definition) is 2. The number of nitrogens with one attached hydrogen (secondary N) is 2. The van der Waals surface area contributed by atoms with E-state index in [0.717, 1.165) is 17.1 Å². The van der Waals surface area contributed by atoms with Crippen LogP contribution in [-0.2, 0) is 0 Å². The molecule has 1 aliphatic rings. The number of aromatic nitrogens is 1. The molecule has 0 saturated carbocycles. The SMILES string of the molecule is C[C@H](CNC(=O)N[C@@H]1COc2cc(F)cc(F)c21)c1nccs1. The minimum atomic E-state index is -0.723. The Morgan fingerprint density at radius 3 is 3.09 bits per heavy atom. The van der Waals surface area contributed by atoms with Gasteiger partial charge in [0.05, 0.1) is 16.6 Å². The molecule has 5 nitrogen and oxygen atoms in total. The number of halogens is 2. The van der Waals surface area contributed by atoms with Crippen molar-refractivity contribution >= 4 is 17.4 Å². The molecule has 2 amide bonds. The van der Waals surface area contributed by atoms with Gasteiger partial charge >= 0.3 is 6.03 Å². The van der Waals surface area contributed by atoms with Crippen molar-refractivity contribution in [3.8, 4) is 5.75 Å². The van der Waals surface area contributed by atoms with Gasteiger partial charge in [-0.1, -0.05) is 6.92 Å². The molecule has 1 aromatic carbocycles. The van der Waals surface area contributed by atoms with Gasteiger partial charge in [0, 0.05) is 36.2 Å². The lowest BCUT2D eigenvalue weighted by Gasteiger charge is -2.15. The number of hydrogen-bond acceptors (Lipinski definition) is 4. The van der Waals surface area contributed by atoms with Crippen molar-refractivity contribution in [2.24, 2.45) is 0 Å². The van der Waals surface area contributed by atoms with Crippen LogP contribution in [0.5, 0.6) is 5.75 Å². The predicted molar refractivity (Wildman–Crippen MR) is 81.7 cm³/mol. The average molecular weight is 339 g/mol. The van der Waals surface area contributed by atoms with Crippen LogP contribution in [0.15, 0.2) is 23.7 Å². The number of fused-ring (bicyclic) bond motifs is 1. The molecule has 3 rings (SSSR count). The molecule has 2 N–H and O–H groups in total. The average Bonchev–Trinajstić information content (AvgIpc) is 3.14. The van der Waals surface area contributed by atoms with E-state index in [1.165, 1.54) is 11.3 Å². The number of rotatable bonds is 4. The highest BCUT2D eigenvalue weighted by molar-refractivity contribution is 7.09. The molecule has 0 aliphatic carbocycles. The fourth-order valence-corrected chi connectivity index (χ4v) is 3.11. The number of amides is 2. The van der Waals surface area contributed by atoms with E-state index >= 15 is 0 Å². The summed E-state index contributed by atoms with van der Waals surface area (Å²) in [6.07, 6.45) is 1.71. The summed E-state index contributed by atoms with van der Waals surface area (Å²) in [6.45, 7) is 2.44. The second-order valence-corrected chi connectivity index (χ2v) is 6.21. The highest BCUT2D eigenvalue weighted by atomic mass is 32.1. The number of nitrogens with zero attached hydrogens (tertiary/aromatic N) is 1. The summed E-state index contributed by atoms with van der Waals surface area (Å²) in [5.74, 6) is -1.22. The Labute approximate surface area is 135 Å². The van der Waals surface area contributed by atoms with Crippen molar-refractivity contribution in [2.75, 3.05) is 13.2 Å². The fraction of sp³-hybridized carbons (Fsp3) is 0.333. The van der Waals surface area contributed by atoms with Crippen molar-refractivity contribution < 1.29 is 18.3 Å². The molecule has 0 fully saturated rings. The standard InChI is InChI=1S/C15H15F2N3O2S/c1-8(14-18-2-3-23-14)6-19-15(21)20-11-7-22-12-5-9(16)4-10(17)13(11)12/h2-5,8,11H,6-7H2,1H3,(H2,19,20,21)/t8-,11-/m1/s1. The summed E-state index contributed by atoms with van der Waals surface area (Å²) in [6, 6.07) is 0.826. The van der Waals surface area contributed by atoms with E-state index in [1.807, 2.05) is 12.3 Å². The molecule has 0 spiro atoms. The normalized spacial score (nSPS) is 17.3. The zero-order chi connectivity index (χ0) is 16.4. The van der Waals surface area contributed by atoms with E-state index in [1.54, 1.807) is 6.20 Å². The van der Waals surface area contributed by atoms with Gasteiger partial charge < -0.3 is 15.4 Å². The van der Waals surface area contributed by atoms with E-state index in [2.05, 4.69) is 15.6 Å². The van der Waals surface area contributed by atoms with Gasteiger partial charge in [0.25, 0.3) is 0 Å². The highest BCUT2D eigenvalue weighted by Crippen LogP contribution is 2.35. The largest absolute Gasteiger partial charge is 0.490 e. The number of urea groups is 1. The molecule has 0 radical (unpaired) electrons. The van der Waals surface area contributed by atoms with E-state index in [0.29, 0.717) is 6.54 Å². The predicted octanol–water partition coefficient (Wildman–Crippen LogP) is 2.96. The number of carbonyl (C=O) groups is 1. The Morgan fingerprint density at radius 2 is 2.35 bits per heavy atom. The number of thiazole rings is 1. The molecule has 1 aromatic heterocycles. The molecule has 2 aromatic rings. The van der Waals surface area contributed by atoms with Crippen LogP contribution in [0.3, 0.4) is 0 Å². The first kappa shape index (κ1) is 15.7. The molecule has 0 bridgehead atoms. The zero-order valence-electron chi connectivity index (χ0n) is 12.3. The Hall–Kier alpha value is -2.22. The summed E-state index contributed by atoms with van der Waals surface area (Å²) in [5.41, 5.74) is 0.175. The topological polar surface area (TPSA) is 63.2 Å². The first-order valence-corrected chi connectivity index (χ1v) is 7.98. The van der Waals surface area contributed by atoms with Gasteiger partial charge in [0.15, 0.2) is 0 Å². The van der Waals surface area contributed by atoms with Gasteiger partial charge in [-0.25, -0.2) is 18.6 Å². The Balaban J connectivity index is 1.58. The van der Waals surface area contributed by atoms with Gasteiger partial charge in [0.1, 0.15) is 24.0 Å². The van der Waals surface area contributed by atoms with Crippen LogP contribution in [0.25, 0.3) is 0 Å². The Kier molecular flexibility index (Phi) is 4.42. The van der Waals surface area contributed by atoms with Crippen LogP contribution in [0, 0.1) is 11.6 Å². The van der Waals surface area contributed by atoms with Gasteiger partial charge in [-0.15, -0.1) is 11.3 Å². The summed E-state index contributed by atoms with van der Waals surface area (Å²) < 4.78 is 32.2. The molecule has 0 saturated heterocycles. The molecular formula is C15H15F2N3O2S. The molecule has 0 unspecified atom stereocenters. The van der Waals surface area contributed by atoms with E-state index < -0.39 is 23.7 Å². The van der Waals surface area contributed by atoms with Crippen LogP contribution in [-0.4, -0.2) is 24.2 Å². The second kappa shape index (κ2) is 6.49. The molecule has 122 valence electrons. The summed E-state index contributed by atoms with van der Waals surface area (Å²) in [5, 5.41) is 8.17. The van der Waals surface area contributed by atoms with Crippen molar-refractivity contribution in [1.82, 2.24) is 15.6 Å². The lowest BCUT2D eigenvalue weighted by molar-refractivity contribution is 0.231. The summed E-state index contributed by atoms with van der Waals surface area (Å²) >= 11 is 1.52. The van der Waals surface area contributed by atoms with Crippen LogP contribution in [0.4, 0.5) is 13.6 Å². The lowest BCUT2D eigenvalue weighted by Crippen LogP contribution is -2.40. The maximum absolute atomic E-state index is 13.9. The quantitative estimate of drug-likeness (QED) is 0.900. The van der Waals surface area contributed by atoms with Crippen LogP contribution in [0.1, 0.15) is 29.5 Å². The van der Waals surface area contributed by atoms with Gasteiger partial charge in [-0.2, -0.15) is 0 Å². The minimum Gasteiger partial charge on any atom is -0.490 e. The first-order valence-electron chi connectivity index (χ1n) is 7.10.